The maximum Gasteiger partial charge on any atom is 0.229 e. The predicted octanol–water partition coefficient (Wildman–Crippen LogP) is 4.40. The zero-order valence-electron chi connectivity index (χ0n) is 9.64. The summed E-state index contributed by atoms with van der Waals surface area (Å²) in [5.74, 6) is 0.528. The third kappa shape index (κ3) is 2.05. The number of aromatic nitrogens is 2. The molecule has 3 nitrogen and oxygen atoms in total. The molecule has 5 heteroatoms. The van der Waals surface area contributed by atoms with Crippen molar-refractivity contribution in [2.75, 3.05) is 5.32 Å². The number of para-hydroxylation sites is 1. The molecule has 0 spiro atoms. The highest BCUT2D eigenvalue weighted by Crippen LogP contribution is 2.28. The monoisotopic (exact) mass is 275 g/mol. The van der Waals surface area contributed by atoms with E-state index in [0.29, 0.717) is 11.1 Å². The van der Waals surface area contributed by atoms with Gasteiger partial charge in [-0.05, 0) is 30.0 Å². The Hall–Kier alpha value is -1.65. The van der Waals surface area contributed by atoms with Crippen molar-refractivity contribution in [2.24, 2.45) is 0 Å². The highest BCUT2D eigenvalue weighted by molar-refractivity contribution is 7.17. The first-order chi connectivity index (χ1) is 8.74. The van der Waals surface area contributed by atoms with Gasteiger partial charge in [-0.1, -0.05) is 29.8 Å². The van der Waals surface area contributed by atoms with Gasteiger partial charge in [0.05, 0.1) is 10.2 Å². The van der Waals surface area contributed by atoms with Crippen molar-refractivity contribution < 1.29 is 0 Å². The number of rotatable bonds is 2. The fourth-order valence-electron chi connectivity index (χ4n) is 1.72. The molecule has 0 atom stereocenters. The highest BCUT2D eigenvalue weighted by Gasteiger charge is 2.07. The molecule has 0 aliphatic carbocycles. The molecule has 2 aromatic heterocycles. The van der Waals surface area contributed by atoms with E-state index >= 15 is 0 Å². The van der Waals surface area contributed by atoms with Gasteiger partial charge in [0, 0.05) is 5.69 Å². The van der Waals surface area contributed by atoms with Gasteiger partial charge < -0.3 is 5.32 Å². The number of halogens is 1. The summed E-state index contributed by atoms with van der Waals surface area (Å²) in [5, 5.41) is 5.65. The standard InChI is InChI=1S/C13H10ClN3S/c1-8-4-2-3-5-9(8)15-13-16-10-6-7-18-11(10)12(14)17-13/h2-7H,1H3,(H,15,16,17). The van der Waals surface area contributed by atoms with E-state index in [2.05, 4.69) is 15.3 Å². The lowest BCUT2D eigenvalue weighted by Crippen LogP contribution is -1.98. The van der Waals surface area contributed by atoms with Gasteiger partial charge in [-0.25, -0.2) is 4.98 Å². The molecule has 1 aromatic carbocycles. The Balaban J connectivity index is 2.02. The van der Waals surface area contributed by atoms with Crippen LogP contribution in [0.2, 0.25) is 5.15 Å². The molecule has 0 bridgehead atoms. The number of nitrogens with one attached hydrogen (secondary N) is 1. The smallest absolute Gasteiger partial charge is 0.229 e. The van der Waals surface area contributed by atoms with Gasteiger partial charge in [0.1, 0.15) is 0 Å². The van der Waals surface area contributed by atoms with Crippen molar-refractivity contribution in [2.45, 2.75) is 6.92 Å². The number of aryl methyl sites for hydroxylation is 1. The van der Waals surface area contributed by atoms with Gasteiger partial charge in [-0.3, -0.25) is 0 Å². The Kier molecular flexibility index (Phi) is 2.89. The van der Waals surface area contributed by atoms with Crippen LogP contribution in [0.4, 0.5) is 11.6 Å². The maximum absolute atomic E-state index is 6.13. The quantitative estimate of drug-likeness (QED) is 0.705. The molecule has 2 heterocycles. The molecule has 0 saturated heterocycles. The number of fused-ring (bicyclic) bond motifs is 1. The third-order valence-corrected chi connectivity index (χ3v) is 3.95. The summed E-state index contributed by atoms with van der Waals surface area (Å²) in [4.78, 5) is 8.70. The fourth-order valence-corrected chi connectivity index (χ4v) is 2.74. The second kappa shape index (κ2) is 4.55. The SMILES string of the molecule is Cc1ccccc1Nc1nc(Cl)c2sccc2n1. The maximum atomic E-state index is 6.13. The van der Waals surface area contributed by atoms with Crippen molar-refractivity contribution in [3.63, 3.8) is 0 Å². The molecule has 3 aromatic rings. The largest absolute Gasteiger partial charge is 0.324 e. The van der Waals surface area contributed by atoms with E-state index in [9.17, 15) is 0 Å². The van der Waals surface area contributed by atoms with Gasteiger partial charge in [-0.2, -0.15) is 4.98 Å². The van der Waals surface area contributed by atoms with Crippen LogP contribution in [0.3, 0.4) is 0 Å². The van der Waals surface area contributed by atoms with Crippen molar-refractivity contribution in [3.05, 3.63) is 46.4 Å². The van der Waals surface area contributed by atoms with E-state index in [0.717, 1.165) is 21.5 Å². The third-order valence-electron chi connectivity index (χ3n) is 2.65. The minimum atomic E-state index is 0.492. The van der Waals surface area contributed by atoms with E-state index in [1.54, 1.807) is 11.3 Å². The van der Waals surface area contributed by atoms with E-state index in [-0.39, 0.29) is 0 Å². The number of thiophene rings is 1. The summed E-state index contributed by atoms with van der Waals surface area (Å²) in [6.07, 6.45) is 0. The zero-order chi connectivity index (χ0) is 12.5. The predicted molar refractivity (Wildman–Crippen MR) is 76.9 cm³/mol. The Labute approximate surface area is 113 Å². The van der Waals surface area contributed by atoms with Crippen LogP contribution < -0.4 is 5.32 Å². The molecular formula is C13H10ClN3S. The highest BCUT2D eigenvalue weighted by atomic mass is 35.5. The van der Waals surface area contributed by atoms with Crippen LogP contribution in [0, 0.1) is 6.92 Å². The summed E-state index contributed by atoms with van der Waals surface area (Å²) in [6, 6.07) is 9.94. The molecular weight excluding hydrogens is 266 g/mol. The molecule has 3 rings (SSSR count). The van der Waals surface area contributed by atoms with Gasteiger partial charge >= 0.3 is 0 Å². The van der Waals surface area contributed by atoms with E-state index < -0.39 is 0 Å². The minimum absolute atomic E-state index is 0.492. The molecule has 90 valence electrons. The second-order valence-corrected chi connectivity index (χ2v) is 5.19. The Morgan fingerprint density at radius 1 is 1.17 bits per heavy atom. The molecule has 0 unspecified atom stereocenters. The number of anilines is 2. The summed E-state index contributed by atoms with van der Waals surface area (Å²) < 4.78 is 0.923. The summed E-state index contributed by atoms with van der Waals surface area (Å²) >= 11 is 7.68. The van der Waals surface area contributed by atoms with Gasteiger partial charge in [0.2, 0.25) is 5.95 Å². The van der Waals surface area contributed by atoms with Crippen molar-refractivity contribution >= 4 is 44.8 Å². The molecule has 18 heavy (non-hydrogen) atoms. The van der Waals surface area contributed by atoms with Crippen LogP contribution in [0.1, 0.15) is 5.56 Å². The number of hydrogen-bond donors (Lipinski definition) is 1. The first kappa shape index (κ1) is 11.4. The van der Waals surface area contributed by atoms with Crippen molar-refractivity contribution in [3.8, 4) is 0 Å². The van der Waals surface area contributed by atoms with Gasteiger partial charge in [0.15, 0.2) is 5.15 Å². The first-order valence-corrected chi connectivity index (χ1v) is 6.73. The molecule has 0 aliphatic heterocycles. The average molecular weight is 276 g/mol. The molecule has 0 amide bonds. The number of hydrogen-bond acceptors (Lipinski definition) is 4. The molecule has 0 fully saturated rings. The van der Waals surface area contributed by atoms with E-state index in [1.165, 1.54) is 0 Å². The first-order valence-electron chi connectivity index (χ1n) is 5.47. The van der Waals surface area contributed by atoms with Crippen molar-refractivity contribution in [1.29, 1.82) is 0 Å². The summed E-state index contributed by atoms with van der Waals surface area (Å²) in [6.45, 7) is 2.03. The van der Waals surface area contributed by atoms with Crippen LogP contribution in [0.5, 0.6) is 0 Å². The summed E-state index contributed by atoms with van der Waals surface area (Å²) in [7, 11) is 0. The lowest BCUT2D eigenvalue weighted by atomic mass is 10.2. The minimum Gasteiger partial charge on any atom is -0.324 e. The molecule has 0 aliphatic rings. The molecule has 1 N–H and O–H groups in total. The van der Waals surface area contributed by atoms with Crippen LogP contribution >= 0.6 is 22.9 Å². The van der Waals surface area contributed by atoms with Crippen molar-refractivity contribution in [1.82, 2.24) is 9.97 Å². The lowest BCUT2D eigenvalue weighted by Gasteiger charge is -2.07. The van der Waals surface area contributed by atoms with E-state index in [1.807, 2.05) is 42.6 Å². The molecule has 0 saturated carbocycles. The Bertz CT molecular complexity index is 708. The topological polar surface area (TPSA) is 37.8 Å². The Morgan fingerprint density at radius 2 is 2.00 bits per heavy atom. The van der Waals surface area contributed by atoms with Crippen LogP contribution in [0.25, 0.3) is 10.2 Å². The fraction of sp³-hybridized carbons (Fsp3) is 0.0769. The van der Waals surface area contributed by atoms with Gasteiger partial charge in [0.25, 0.3) is 0 Å². The Morgan fingerprint density at radius 3 is 2.83 bits per heavy atom. The average Bonchev–Trinajstić information content (AvgIpc) is 2.81. The second-order valence-electron chi connectivity index (χ2n) is 3.91. The molecule has 0 radical (unpaired) electrons. The van der Waals surface area contributed by atoms with Crippen LogP contribution in [0.15, 0.2) is 35.7 Å². The van der Waals surface area contributed by atoms with E-state index in [4.69, 9.17) is 11.6 Å². The van der Waals surface area contributed by atoms with Crippen LogP contribution in [-0.2, 0) is 0 Å². The zero-order valence-corrected chi connectivity index (χ0v) is 11.2. The van der Waals surface area contributed by atoms with Gasteiger partial charge in [-0.15, -0.1) is 11.3 Å². The summed E-state index contributed by atoms with van der Waals surface area (Å²) in [5.41, 5.74) is 3.00. The number of nitrogens with zero attached hydrogens (tertiary/aromatic N) is 2. The normalized spacial score (nSPS) is 10.8. The number of benzene rings is 1. The lowest BCUT2D eigenvalue weighted by molar-refractivity contribution is 1.21. The van der Waals surface area contributed by atoms with Crippen LogP contribution in [-0.4, -0.2) is 9.97 Å².